The number of carbonyl (C=O) groups is 1. The predicted octanol–water partition coefficient (Wildman–Crippen LogP) is 6.22. The minimum Gasteiger partial charge on any atom is -0.493 e. The number of hydrogen-bond donors (Lipinski definition) is 2. The molecule has 0 aromatic heterocycles. The summed E-state index contributed by atoms with van der Waals surface area (Å²) < 4.78 is 10.7. The van der Waals surface area contributed by atoms with Gasteiger partial charge in [0.1, 0.15) is 0 Å². The first kappa shape index (κ1) is 26.8. The zero-order chi connectivity index (χ0) is 23.0. The molecule has 182 valence electrons. The van der Waals surface area contributed by atoms with Crippen LogP contribution in [0, 0.1) is 0 Å². The van der Waals surface area contributed by atoms with Crippen molar-refractivity contribution in [3.63, 3.8) is 0 Å². The molecule has 32 heavy (non-hydrogen) atoms. The van der Waals surface area contributed by atoms with E-state index >= 15 is 0 Å². The average molecular weight is 465 g/mol. The molecule has 1 unspecified atom stereocenters. The molecule has 1 aromatic rings. The number of amides is 1. The first-order valence-electron chi connectivity index (χ1n) is 12.6. The summed E-state index contributed by atoms with van der Waals surface area (Å²) in [6.07, 6.45) is 16.0. The lowest BCUT2D eigenvalue weighted by Crippen LogP contribution is -2.42. The van der Waals surface area contributed by atoms with Crippen molar-refractivity contribution in [2.45, 2.75) is 95.4 Å². The molecule has 5 nitrogen and oxygen atoms in total. The standard InChI is InChI=1S/C26H44N2O3S/c1-4-5-6-7-8-9-10-11-12-13-14-15-18-27-25(29)22-20-32-26(28-22)21-16-17-23(30-2)24(19-21)31-3/h16-17,19,22,26,28H,4-15,18,20H2,1-3H3,(H,27,29)/t22-,26?/m1/s1. The van der Waals surface area contributed by atoms with Crippen LogP contribution in [0.1, 0.15) is 94.9 Å². The van der Waals surface area contributed by atoms with Crippen LogP contribution in [0.15, 0.2) is 18.2 Å². The van der Waals surface area contributed by atoms with Crippen LogP contribution in [-0.4, -0.2) is 38.5 Å². The van der Waals surface area contributed by atoms with E-state index in [-0.39, 0.29) is 17.3 Å². The van der Waals surface area contributed by atoms with Gasteiger partial charge in [-0.2, -0.15) is 0 Å². The van der Waals surface area contributed by atoms with Crippen LogP contribution >= 0.6 is 11.8 Å². The van der Waals surface area contributed by atoms with E-state index in [1.54, 1.807) is 26.0 Å². The van der Waals surface area contributed by atoms with Crippen LogP contribution in [0.3, 0.4) is 0 Å². The lowest BCUT2D eigenvalue weighted by Gasteiger charge is -2.15. The molecule has 1 fully saturated rings. The van der Waals surface area contributed by atoms with Crippen molar-refractivity contribution < 1.29 is 14.3 Å². The highest BCUT2D eigenvalue weighted by Gasteiger charge is 2.30. The van der Waals surface area contributed by atoms with Gasteiger partial charge < -0.3 is 14.8 Å². The van der Waals surface area contributed by atoms with Crippen molar-refractivity contribution in [3.8, 4) is 11.5 Å². The van der Waals surface area contributed by atoms with E-state index in [1.165, 1.54) is 70.6 Å². The first-order chi connectivity index (χ1) is 15.7. The number of nitrogens with one attached hydrogen (secondary N) is 2. The Morgan fingerprint density at radius 3 is 2.12 bits per heavy atom. The Labute approximate surface area is 199 Å². The van der Waals surface area contributed by atoms with Gasteiger partial charge in [0.15, 0.2) is 11.5 Å². The van der Waals surface area contributed by atoms with Gasteiger partial charge in [-0.15, -0.1) is 11.8 Å². The SMILES string of the molecule is CCCCCCCCCCCCCCNC(=O)[C@H]1CSC(c2ccc(OC)c(OC)c2)N1. The largest absolute Gasteiger partial charge is 0.493 e. The molecule has 2 atom stereocenters. The molecule has 0 radical (unpaired) electrons. The van der Waals surface area contributed by atoms with Crippen LogP contribution < -0.4 is 20.1 Å². The second kappa shape index (κ2) is 16.2. The molecule has 1 saturated heterocycles. The van der Waals surface area contributed by atoms with Gasteiger partial charge in [0.2, 0.25) is 5.91 Å². The second-order valence-electron chi connectivity index (χ2n) is 8.73. The molecule has 0 bridgehead atoms. The highest BCUT2D eigenvalue weighted by Crippen LogP contribution is 2.37. The third-order valence-electron chi connectivity index (χ3n) is 6.14. The summed E-state index contributed by atoms with van der Waals surface area (Å²) in [5, 5.41) is 6.66. The summed E-state index contributed by atoms with van der Waals surface area (Å²) in [4.78, 5) is 12.5. The van der Waals surface area contributed by atoms with E-state index in [1.807, 2.05) is 18.2 Å². The van der Waals surface area contributed by atoms with Gasteiger partial charge in [0.05, 0.1) is 25.6 Å². The Bertz CT molecular complexity index is 656. The maximum absolute atomic E-state index is 12.5. The van der Waals surface area contributed by atoms with Gasteiger partial charge in [0, 0.05) is 12.3 Å². The summed E-state index contributed by atoms with van der Waals surface area (Å²) in [6, 6.07) is 5.78. The molecular formula is C26H44N2O3S. The molecule has 2 rings (SSSR count). The monoisotopic (exact) mass is 464 g/mol. The minimum absolute atomic E-state index is 0.0946. The highest BCUT2D eigenvalue weighted by molar-refractivity contribution is 7.99. The summed E-state index contributed by atoms with van der Waals surface area (Å²) in [5.74, 6) is 2.33. The van der Waals surface area contributed by atoms with Gasteiger partial charge in [-0.1, -0.05) is 83.6 Å². The zero-order valence-corrected chi connectivity index (χ0v) is 21.2. The summed E-state index contributed by atoms with van der Waals surface area (Å²) in [7, 11) is 3.28. The van der Waals surface area contributed by atoms with Crippen LogP contribution in [0.5, 0.6) is 11.5 Å². The van der Waals surface area contributed by atoms with Crippen LogP contribution in [0.4, 0.5) is 0 Å². The van der Waals surface area contributed by atoms with Crippen LogP contribution in [0.25, 0.3) is 0 Å². The van der Waals surface area contributed by atoms with E-state index in [0.29, 0.717) is 5.75 Å². The Morgan fingerprint density at radius 2 is 1.53 bits per heavy atom. The Hall–Kier alpha value is -1.40. The van der Waals surface area contributed by atoms with Crippen LogP contribution in [0.2, 0.25) is 0 Å². The third-order valence-corrected chi connectivity index (χ3v) is 7.41. The maximum atomic E-state index is 12.5. The molecule has 0 saturated carbocycles. The Balaban J connectivity index is 1.52. The summed E-state index contributed by atoms with van der Waals surface area (Å²) in [6.45, 7) is 3.05. The highest BCUT2D eigenvalue weighted by atomic mass is 32.2. The minimum atomic E-state index is -0.143. The Kier molecular flexibility index (Phi) is 13.6. The fourth-order valence-electron chi connectivity index (χ4n) is 4.13. The molecule has 0 aliphatic carbocycles. The normalized spacial score (nSPS) is 18.0. The molecule has 2 N–H and O–H groups in total. The lowest BCUT2D eigenvalue weighted by molar-refractivity contribution is -0.122. The number of methoxy groups -OCH3 is 2. The Morgan fingerprint density at radius 1 is 0.938 bits per heavy atom. The quantitative estimate of drug-likeness (QED) is 0.268. The number of rotatable bonds is 17. The zero-order valence-electron chi connectivity index (χ0n) is 20.4. The molecule has 1 amide bonds. The van der Waals surface area contributed by atoms with Gasteiger partial charge >= 0.3 is 0 Å². The topological polar surface area (TPSA) is 59.6 Å². The lowest BCUT2D eigenvalue weighted by atomic mass is 10.1. The van der Waals surface area contributed by atoms with Gasteiger partial charge in [0.25, 0.3) is 0 Å². The van der Waals surface area contributed by atoms with Gasteiger partial charge in [-0.05, 0) is 24.1 Å². The molecule has 6 heteroatoms. The van der Waals surface area contributed by atoms with E-state index in [9.17, 15) is 4.79 Å². The number of hydrogen-bond acceptors (Lipinski definition) is 5. The third kappa shape index (κ3) is 9.62. The smallest absolute Gasteiger partial charge is 0.238 e. The van der Waals surface area contributed by atoms with Crippen molar-refractivity contribution in [2.75, 3.05) is 26.5 Å². The van der Waals surface area contributed by atoms with Crippen molar-refractivity contribution in [1.29, 1.82) is 0 Å². The molecule has 1 aliphatic heterocycles. The molecular weight excluding hydrogens is 420 g/mol. The van der Waals surface area contributed by atoms with Gasteiger partial charge in [-0.25, -0.2) is 0 Å². The number of carbonyl (C=O) groups excluding carboxylic acids is 1. The van der Waals surface area contributed by atoms with Crippen molar-refractivity contribution in [2.24, 2.45) is 0 Å². The van der Waals surface area contributed by atoms with E-state index in [2.05, 4.69) is 17.6 Å². The number of unbranched alkanes of at least 4 members (excludes halogenated alkanes) is 11. The number of ether oxygens (including phenoxy) is 2. The first-order valence-corrected chi connectivity index (χ1v) is 13.6. The van der Waals surface area contributed by atoms with E-state index < -0.39 is 0 Å². The molecule has 1 heterocycles. The summed E-state index contributed by atoms with van der Waals surface area (Å²) >= 11 is 1.76. The molecule has 1 aliphatic rings. The second-order valence-corrected chi connectivity index (χ2v) is 9.87. The van der Waals surface area contributed by atoms with Crippen molar-refractivity contribution >= 4 is 17.7 Å². The number of benzene rings is 1. The average Bonchev–Trinajstić information content (AvgIpc) is 3.32. The molecule has 1 aromatic carbocycles. The fraction of sp³-hybridized carbons (Fsp3) is 0.731. The van der Waals surface area contributed by atoms with E-state index in [0.717, 1.165) is 30.0 Å². The molecule has 0 spiro atoms. The van der Waals surface area contributed by atoms with Crippen molar-refractivity contribution in [1.82, 2.24) is 10.6 Å². The predicted molar refractivity (Wildman–Crippen MR) is 136 cm³/mol. The van der Waals surface area contributed by atoms with E-state index in [4.69, 9.17) is 9.47 Å². The van der Waals surface area contributed by atoms with Crippen molar-refractivity contribution in [3.05, 3.63) is 23.8 Å². The van der Waals surface area contributed by atoms with Crippen LogP contribution in [-0.2, 0) is 4.79 Å². The number of thioether (sulfide) groups is 1. The van der Waals surface area contributed by atoms with Gasteiger partial charge in [-0.3, -0.25) is 10.1 Å². The fourth-order valence-corrected chi connectivity index (χ4v) is 5.36. The summed E-state index contributed by atoms with van der Waals surface area (Å²) in [5.41, 5.74) is 1.10. The maximum Gasteiger partial charge on any atom is 0.238 e.